The predicted molar refractivity (Wildman–Crippen MR) is 136 cm³/mol. The largest absolute Gasteiger partial charge is 0.446 e. The first kappa shape index (κ1) is 29.8. The van der Waals surface area contributed by atoms with Crippen molar-refractivity contribution in [3.05, 3.63) is 74.4 Å². The highest BCUT2D eigenvalue weighted by atomic mass is 79.9. The molecule has 0 saturated carbocycles. The summed E-state index contributed by atoms with van der Waals surface area (Å²) in [6.45, 7) is 3.93. The zero-order chi connectivity index (χ0) is 29.6. The highest BCUT2D eigenvalue weighted by molar-refractivity contribution is 9.10. The smallest absolute Gasteiger partial charge is 0.379 e. The van der Waals surface area contributed by atoms with Crippen LogP contribution in [0.25, 0.3) is 17.2 Å². The zero-order valence-electron chi connectivity index (χ0n) is 20.7. The first-order valence-electron chi connectivity index (χ1n) is 11.7. The summed E-state index contributed by atoms with van der Waals surface area (Å²) in [5.74, 6) is -1.94. The van der Waals surface area contributed by atoms with Gasteiger partial charge in [0.2, 0.25) is 17.9 Å². The van der Waals surface area contributed by atoms with Gasteiger partial charge in [-0.25, -0.2) is 18.4 Å². The van der Waals surface area contributed by atoms with Crippen molar-refractivity contribution >= 4 is 33.9 Å². The highest BCUT2D eigenvalue weighted by Gasteiger charge is 2.25. The first-order valence-corrected chi connectivity index (χ1v) is 12.5. The average molecular weight is 643 g/mol. The normalized spacial score (nSPS) is 13.8. The van der Waals surface area contributed by atoms with Crippen molar-refractivity contribution in [3.63, 3.8) is 0 Å². The Kier molecular flexibility index (Phi) is 9.41. The summed E-state index contributed by atoms with van der Waals surface area (Å²) < 4.78 is 61.0. The van der Waals surface area contributed by atoms with E-state index in [0.29, 0.717) is 18.8 Å². The average Bonchev–Trinajstić information content (AvgIpc) is 3.57. The number of morpholine rings is 1. The molecule has 0 aliphatic carbocycles. The fraction of sp³-hybridized carbons (Fsp3) is 0.250. The number of ether oxygens (including phenoxy) is 1. The summed E-state index contributed by atoms with van der Waals surface area (Å²) in [5, 5.41) is 13.8. The van der Waals surface area contributed by atoms with Crippen molar-refractivity contribution in [2.24, 2.45) is 0 Å². The quantitative estimate of drug-likeness (QED) is 0.244. The third-order valence-corrected chi connectivity index (χ3v) is 6.17. The van der Waals surface area contributed by atoms with Crippen molar-refractivity contribution in [2.45, 2.75) is 12.7 Å². The van der Waals surface area contributed by atoms with Gasteiger partial charge >= 0.3 is 11.9 Å². The topological polar surface area (TPSA) is 146 Å². The highest BCUT2D eigenvalue weighted by Crippen LogP contribution is 2.26. The van der Waals surface area contributed by atoms with Crippen LogP contribution in [0, 0.1) is 5.82 Å². The lowest BCUT2D eigenvalue weighted by Crippen LogP contribution is -2.35. The Hall–Kier alpha value is -4.22. The first-order chi connectivity index (χ1) is 19.6. The van der Waals surface area contributed by atoms with Crippen LogP contribution in [0.1, 0.15) is 15.9 Å². The van der Waals surface area contributed by atoms with E-state index in [-0.39, 0.29) is 27.5 Å². The van der Waals surface area contributed by atoms with Crippen molar-refractivity contribution < 1.29 is 41.0 Å². The number of hydrogen-bond acceptors (Lipinski definition) is 10. The van der Waals surface area contributed by atoms with Crippen LogP contribution in [0.5, 0.6) is 0 Å². The predicted octanol–water partition coefficient (Wildman–Crippen LogP) is 3.61. The summed E-state index contributed by atoms with van der Waals surface area (Å²) in [7, 11) is 0. The minimum absolute atomic E-state index is 0.0337. The van der Waals surface area contributed by atoms with E-state index in [0.717, 1.165) is 29.8 Å². The molecule has 1 fully saturated rings. The van der Waals surface area contributed by atoms with E-state index < -0.39 is 29.9 Å². The number of aromatic nitrogens is 4. The van der Waals surface area contributed by atoms with Crippen LogP contribution < -0.4 is 11.1 Å². The van der Waals surface area contributed by atoms with Gasteiger partial charge in [-0.15, -0.1) is 0 Å². The minimum Gasteiger partial charge on any atom is -0.379 e. The Morgan fingerprint density at radius 1 is 1.07 bits per heavy atom. The molecule has 4 aromatic rings. The third-order valence-electron chi connectivity index (χ3n) is 5.56. The number of carbonyl (C=O) groups is 2. The summed E-state index contributed by atoms with van der Waals surface area (Å²) in [6.07, 6.45) is -5.70. The number of nitrogens with zero attached hydrogens (tertiary/aromatic N) is 5. The molecular formula is C24H19BrF4N6O6. The molecule has 12 nitrogen and oxygen atoms in total. The van der Waals surface area contributed by atoms with Crippen molar-refractivity contribution in [1.29, 1.82) is 0 Å². The molecule has 1 aliphatic rings. The van der Waals surface area contributed by atoms with Gasteiger partial charge in [0.25, 0.3) is 5.91 Å². The number of nitrogens with one attached hydrogen (secondary N) is 1. The van der Waals surface area contributed by atoms with Crippen LogP contribution in [0.3, 0.4) is 0 Å². The van der Waals surface area contributed by atoms with Crippen LogP contribution in [-0.4, -0.2) is 69.6 Å². The van der Waals surface area contributed by atoms with Gasteiger partial charge in [0, 0.05) is 25.2 Å². The number of halogens is 5. The minimum atomic E-state index is -4.64. The SMILES string of the molecule is O=C(Nc1nonc1-c1noc(=O)n1-c1ccc(F)c(Br)c1)c1ccc(CN2CCOCC2)cc1.O=CC(F)(F)F. The maximum absolute atomic E-state index is 13.7. The number of amides is 1. The molecule has 17 heteroatoms. The Bertz CT molecular complexity index is 1560. The second kappa shape index (κ2) is 13.0. The molecule has 0 spiro atoms. The van der Waals surface area contributed by atoms with Crippen molar-refractivity contribution in [1.82, 2.24) is 24.9 Å². The van der Waals surface area contributed by atoms with Crippen LogP contribution >= 0.6 is 15.9 Å². The second-order valence-corrected chi connectivity index (χ2v) is 9.22. The monoisotopic (exact) mass is 642 g/mol. The van der Waals surface area contributed by atoms with Gasteiger partial charge in [-0.2, -0.15) is 13.2 Å². The van der Waals surface area contributed by atoms with Crippen molar-refractivity contribution in [3.8, 4) is 17.2 Å². The number of carbonyl (C=O) groups excluding carboxylic acids is 2. The molecule has 0 bridgehead atoms. The van der Waals surface area contributed by atoms with Gasteiger partial charge in [-0.3, -0.25) is 19.0 Å². The molecule has 2 aromatic carbocycles. The molecule has 216 valence electrons. The molecule has 0 atom stereocenters. The van der Waals surface area contributed by atoms with Gasteiger partial charge in [0.05, 0.1) is 23.4 Å². The lowest BCUT2D eigenvalue weighted by atomic mass is 10.1. The molecule has 1 saturated heterocycles. The van der Waals surface area contributed by atoms with Gasteiger partial charge in [0.1, 0.15) is 5.82 Å². The van der Waals surface area contributed by atoms with E-state index in [2.05, 4.69) is 41.6 Å². The molecule has 2 aromatic heterocycles. The van der Waals surface area contributed by atoms with Crippen LogP contribution in [0.15, 0.2) is 60.9 Å². The van der Waals surface area contributed by atoms with E-state index in [1.165, 1.54) is 18.2 Å². The lowest BCUT2D eigenvalue weighted by molar-refractivity contribution is -0.156. The van der Waals surface area contributed by atoms with E-state index in [9.17, 15) is 27.2 Å². The third kappa shape index (κ3) is 7.71. The summed E-state index contributed by atoms with van der Waals surface area (Å²) in [4.78, 5) is 36.1. The number of anilines is 1. The summed E-state index contributed by atoms with van der Waals surface area (Å²) in [5.41, 5.74) is 1.69. The van der Waals surface area contributed by atoms with Crippen LogP contribution in [-0.2, 0) is 16.1 Å². The van der Waals surface area contributed by atoms with Gasteiger partial charge in [-0.05, 0) is 62.1 Å². The molecule has 41 heavy (non-hydrogen) atoms. The number of aldehydes is 1. The van der Waals surface area contributed by atoms with Gasteiger partial charge in [0.15, 0.2) is 5.69 Å². The summed E-state index contributed by atoms with van der Waals surface area (Å²) >= 11 is 3.08. The van der Waals surface area contributed by atoms with E-state index in [1.54, 1.807) is 12.1 Å². The number of alkyl halides is 3. The standard InChI is InChI=1S/C22H18BrFN6O5.C2HF3O/c23-16-11-15(5-6-17(16)24)30-20(28-34-22(30)32)18-19(27-35-26-18)25-21(31)14-3-1-13(2-4-14)12-29-7-9-33-10-8-29;3-2(4,5)1-6/h1-6,11H,7-10,12H2,(H,25,27,31);1H. The van der Waals surface area contributed by atoms with E-state index in [1.807, 2.05) is 12.1 Å². The lowest BCUT2D eigenvalue weighted by Gasteiger charge is -2.26. The number of benzene rings is 2. The molecule has 1 N–H and O–H groups in total. The fourth-order valence-electron chi connectivity index (χ4n) is 3.63. The van der Waals surface area contributed by atoms with Gasteiger partial charge in [-0.1, -0.05) is 17.3 Å². The summed E-state index contributed by atoms with van der Waals surface area (Å²) in [6, 6.07) is 11.1. The van der Waals surface area contributed by atoms with Crippen molar-refractivity contribution in [2.75, 3.05) is 31.6 Å². The molecular weight excluding hydrogens is 624 g/mol. The maximum Gasteiger partial charge on any atom is 0.446 e. The maximum atomic E-state index is 13.7. The van der Waals surface area contributed by atoms with Gasteiger partial charge < -0.3 is 10.1 Å². The molecule has 0 radical (unpaired) electrons. The Morgan fingerprint density at radius 2 is 1.76 bits per heavy atom. The number of hydrogen-bond donors (Lipinski definition) is 1. The fourth-order valence-corrected chi connectivity index (χ4v) is 3.99. The molecule has 5 rings (SSSR count). The second-order valence-electron chi connectivity index (χ2n) is 8.37. The van der Waals surface area contributed by atoms with E-state index in [4.69, 9.17) is 18.7 Å². The molecule has 0 unspecified atom stereocenters. The zero-order valence-corrected chi connectivity index (χ0v) is 22.3. The number of rotatable bonds is 6. The molecule has 3 heterocycles. The molecule has 1 amide bonds. The Balaban J connectivity index is 0.000000585. The Labute approximate surface area is 235 Å². The van der Waals surface area contributed by atoms with Crippen LogP contribution in [0.2, 0.25) is 0 Å². The van der Waals surface area contributed by atoms with E-state index >= 15 is 0 Å². The molecule has 1 aliphatic heterocycles. The Morgan fingerprint density at radius 3 is 2.39 bits per heavy atom. The van der Waals surface area contributed by atoms with Crippen LogP contribution in [0.4, 0.5) is 23.4 Å².